The molecule has 1 atom stereocenters. The Bertz CT molecular complexity index is 627. The lowest BCUT2D eigenvalue weighted by atomic mass is 10.2. The van der Waals surface area contributed by atoms with Crippen LogP contribution in [0, 0.1) is 5.82 Å². The molecule has 0 bridgehead atoms. The minimum absolute atomic E-state index is 0.244. The Balaban J connectivity index is 2.14. The molecule has 2 aromatic rings. The van der Waals surface area contributed by atoms with Gasteiger partial charge in [0.2, 0.25) is 0 Å². The van der Waals surface area contributed by atoms with E-state index in [1.807, 2.05) is 0 Å². The molecular formula is C13H11ClFNOS2. The molecule has 0 N–H and O–H groups in total. The third-order valence-corrected chi connectivity index (χ3v) is 4.79. The van der Waals surface area contributed by atoms with E-state index in [0.717, 1.165) is 0 Å². The molecule has 2 rings (SSSR count). The van der Waals surface area contributed by atoms with Crippen LogP contribution in [0.25, 0.3) is 10.6 Å². The highest BCUT2D eigenvalue weighted by molar-refractivity contribution is 7.84. The lowest BCUT2D eigenvalue weighted by Crippen LogP contribution is -2.01. The van der Waals surface area contributed by atoms with Crippen LogP contribution in [0.1, 0.15) is 5.69 Å². The zero-order valence-corrected chi connectivity index (χ0v) is 12.3. The standard InChI is InChI=1S/C13H11ClFNOS2/c1-9(14)7-19(17)8-10-6-18-13(16-10)11-4-2-3-5-12(11)15/h2-6H,1,7-8H2/t19-/m0/s1. The van der Waals surface area contributed by atoms with E-state index in [-0.39, 0.29) is 11.6 Å². The van der Waals surface area contributed by atoms with E-state index in [2.05, 4.69) is 11.6 Å². The molecule has 0 unspecified atom stereocenters. The van der Waals surface area contributed by atoms with Gasteiger partial charge in [-0.2, -0.15) is 0 Å². The second-order valence-electron chi connectivity index (χ2n) is 3.87. The van der Waals surface area contributed by atoms with Gasteiger partial charge in [-0.05, 0) is 12.1 Å². The first-order valence-electron chi connectivity index (χ1n) is 5.44. The summed E-state index contributed by atoms with van der Waals surface area (Å²) >= 11 is 6.94. The van der Waals surface area contributed by atoms with E-state index < -0.39 is 10.8 Å². The number of aromatic nitrogens is 1. The van der Waals surface area contributed by atoms with Gasteiger partial charge in [-0.3, -0.25) is 4.21 Å². The molecule has 0 aliphatic carbocycles. The van der Waals surface area contributed by atoms with Crippen molar-refractivity contribution in [2.75, 3.05) is 5.75 Å². The topological polar surface area (TPSA) is 30.0 Å². The molecule has 6 heteroatoms. The van der Waals surface area contributed by atoms with Gasteiger partial charge in [0.1, 0.15) is 10.8 Å². The first-order chi connectivity index (χ1) is 9.06. The van der Waals surface area contributed by atoms with Crippen molar-refractivity contribution in [2.24, 2.45) is 0 Å². The van der Waals surface area contributed by atoms with Crippen LogP contribution >= 0.6 is 22.9 Å². The molecule has 0 saturated carbocycles. The fraction of sp³-hybridized carbons (Fsp3) is 0.154. The maximum atomic E-state index is 13.6. The van der Waals surface area contributed by atoms with E-state index >= 15 is 0 Å². The van der Waals surface area contributed by atoms with Gasteiger partial charge < -0.3 is 0 Å². The van der Waals surface area contributed by atoms with Gasteiger partial charge in [0.15, 0.2) is 0 Å². The van der Waals surface area contributed by atoms with Crippen molar-refractivity contribution in [2.45, 2.75) is 5.75 Å². The predicted molar refractivity (Wildman–Crippen MR) is 79.2 cm³/mol. The number of halogens is 2. The zero-order valence-electron chi connectivity index (χ0n) is 9.94. The summed E-state index contributed by atoms with van der Waals surface area (Å²) in [5, 5.41) is 2.74. The Morgan fingerprint density at radius 1 is 1.47 bits per heavy atom. The smallest absolute Gasteiger partial charge is 0.133 e. The first-order valence-corrected chi connectivity index (χ1v) is 8.18. The van der Waals surface area contributed by atoms with Crippen molar-refractivity contribution in [1.29, 1.82) is 0 Å². The van der Waals surface area contributed by atoms with E-state index in [9.17, 15) is 8.60 Å². The molecule has 1 heterocycles. The lowest BCUT2D eigenvalue weighted by molar-refractivity contribution is 0.631. The predicted octanol–water partition coefficient (Wildman–Crippen LogP) is 3.95. The van der Waals surface area contributed by atoms with Crippen molar-refractivity contribution >= 4 is 33.7 Å². The van der Waals surface area contributed by atoms with Gasteiger partial charge in [-0.1, -0.05) is 30.3 Å². The second-order valence-corrected chi connectivity index (χ2v) is 6.72. The van der Waals surface area contributed by atoms with E-state index in [1.165, 1.54) is 17.4 Å². The highest BCUT2D eigenvalue weighted by Crippen LogP contribution is 2.26. The van der Waals surface area contributed by atoms with Crippen LogP contribution in [-0.2, 0) is 16.6 Å². The monoisotopic (exact) mass is 315 g/mol. The number of benzene rings is 1. The quantitative estimate of drug-likeness (QED) is 0.836. The minimum atomic E-state index is -1.13. The first kappa shape index (κ1) is 14.4. The molecule has 0 aliphatic heterocycles. The summed E-state index contributed by atoms with van der Waals surface area (Å²) in [6.45, 7) is 3.51. The number of thiazole rings is 1. The van der Waals surface area contributed by atoms with Gasteiger partial charge >= 0.3 is 0 Å². The molecular weight excluding hydrogens is 305 g/mol. The molecule has 1 aromatic heterocycles. The van der Waals surface area contributed by atoms with Gasteiger partial charge in [0, 0.05) is 26.8 Å². The van der Waals surface area contributed by atoms with Crippen LogP contribution in [0.4, 0.5) is 4.39 Å². The normalized spacial score (nSPS) is 12.3. The third kappa shape index (κ3) is 3.96. The average molecular weight is 316 g/mol. The molecule has 2 nitrogen and oxygen atoms in total. The molecule has 0 spiro atoms. The maximum Gasteiger partial charge on any atom is 0.133 e. The number of hydrogen-bond donors (Lipinski definition) is 0. The summed E-state index contributed by atoms with van der Waals surface area (Å²) in [4.78, 5) is 4.30. The van der Waals surface area contributed by atoms with Crippen molar-refractivity contribution in [3.8, 4) is 10.6 Å². The van der Waals surface area contributed by atoms with Crippen molar-refractivity contribution in [1.82, 2.24) is 4.98 Å². The van der Waals surface area contributed by atoms with E-state index in [1.54, 1.807) is 23.6 Å². The SMILES string of the molecule is C=C(Cl)C[S@](=O)Cc1csc(-c2ccccc2F)n1. The van der Waals surface area contributed by atoms with Crippen molar-refractivity contribution in [3.63, 3.8) is 0 Å². The van der Waals surface area contributed by atoms with Gasteiger partial charge in [0.25, 0.3) is 0 Å². The molecule has 0 fully saturated rings. The summed E-state index contributed by atoms with van der Waals surface area (Å²) in [5.74, 6) is 0.240. The van der Waals surface area contributed by atoms with Crippen LogP contribution < -0.4 is 0 Å². The fourth-order valence-electron chi connectivity index (χ4n) is 1.52. The van der Waals surface area contributed by atoms with Crippen LogP contribution in [0.15, 0.2) is 41.3 Å². The summed E-state index contributed by atoms with van der Waals surface area (Å²) in [6, 6.07) is 6.46. The van der Waals surface area contributed by atoms with Crippen LogP contribution in [0.5, 0.6) is 0 Å². The Morgan fingerprint density at radius 3 is 2.89 bits per heavy atom. The molecule has 1 aromatic carbocycles. The van der Waals surface area contributed by atoms with Crippen LogP contribution in [0.2, 0.25) is 0 Å². The lowest BCUT2D eigenvalue weighted by Gasteiger charge is -1.98. The molecule has 0 amide bonds. The van der Waals surface area contributed by atoms with E-state index in [4.69, 9.17) is 11.6 Å². The van der Waals surface area contributed by atoms with Crippen molar-refractivity contribution < 1.29 is 8.60 Å². The molecule has 0 aliphatic rings. The Labute approximate surface area is 122 Å². The zero-order chi connectivity index (χ0) is 13.8. The Morgan fingerprint density at radius 2 is 2.21 bits per heavy atom. The third-order valence-electron chi connectivity index (χ3n) is 2.28. The highest BCUT2D eigenvalue weighted by atomic mass is 35.5. The summed E-state index contributed by atoms with van der Waals surface area (Å²) in [5.41, 5.74) is 1.14. The fourth-order valence-corrected chi connectivity index (χ4v) is 3.77. The van der Waals surface area contributed by atoms with Gasteiger partial charge in [-0.25, -0.2) is 9.37 Å². The number of rotatable bonds is 5. The molecule has 0 radical (unpaired) electrons. The largest absolute Gasteiger partial charge is 0.259 e. The molecule has 100 valence electrons. The Kier molecular flexibility index (Phi) is 4.85. The van der Waals surface area contributed by atoms with Crippen LogP contribution in [-0.4, -0.2) is 14.9 Å². The number of hydrogen-bond acceptors (Lipinski definition) is 3. The van der Waals surface area contributed by atoms with Gasteiger partial charge in [0.05, 0.1) is 17.2 Å². The minimum Gasteiger partial charge on any atom is -0.259 e. The average Bonchev–Trinajstić information content (AvgIpc) is 2.76. The van der Waals surface area contributed by atoms with Gasteiger partial charge in [-0.15, -0.1) is 11.3 Å². The summed E-state index contributed by atoms with van der Waals surface area (Å²) in [7, 11) is -1.13. The highest BCUT2D eigenvalue weighted by Gasteiger charge is 2.11. The summed E-state index contributed by atoms with van der Waals surface area (Å²) in [6.07, 6.45) is 0. The molecule has 0 saturated heterocycles. The Hall–Kier alpha value is -1.04. The van der Waals surface area contributed by atoms with Crippen LogP contribution in [0.3, 0.4) is 0 Å². The maximum absolute atomic E-state index is 13.6. The van der Waals surface area contributed by atoms with Crippen molar-refractivity contribution in [3.05, 3.63) is 52.8 Å². The summed E-state index contributed by atoms with van der Waals surface area (Å²) < 4.78 is 25.3. The number of nitrogens with zero attached hydrogens (tertiary/aromatic N) is 1. The molecule has 19 heavy (non-hydrogen) atoms. The van der Waals surface area contributed by atoms with E-state index in [0.29, 0.717) is 27.1 Å². The second kappa shape index (κ2) is 6.41.